The normalized spacial score (nSPS) is 11.3. The summed E-state index contributed by atoms with van der Waals surface area (Å²) >= 11 is 1.71. The largest absolute Gasteiger partial charge is 0.352 e. The lowest BCUT2D eigenvalue weighted by Crippen LogP contribution is -2.29. The Bertz CT molecular complexity index is 1220. The molecule has 0 unspecified atom stereocenters. The number of rotatable bonds is 12. The number of benzene rings is 2. The second-order valence-corrected chi connectivity index (χ2v) is 9.38. The monoisotopic (exact) mass is 487 g/mol. The van der Waals surface area contributed by atoms with Gasteiger partial charge in [0.2, 0.25) is 0 Å². The number of fused-ring (bicyclic) bond motifs is 1. The molecule has 0 aliphatic rings. The van der Waals surface area contributed by atoms with Gasteiger partial charge in [-0.05, 0) is 61.4 Å². The smallest absolute Gasteiger partial charge is 0.251 e. The van der Waals surface area contributed by atoms with Crippen LogP contribution in [0.15, 0.2) is 78.1 Å². The van der Waals surface area contributed by atoms with Crippen LogP contribution in [0.4, 0.5) is 0 Å². The molecule has 4 aromatic rings. The van der Waals surface area contributed by atoms with E-state index in [1.165, 1.54) is 5.56 Å². The topological polar surface area (TPSA) is 63.1 Å². The van der Waals surface area contributed by atoms with Gasteiger partial charge in [0.05, 0.1) is 6.54 Å². The lowest BCUT2D eigenvalue weighted by atomic mass is 10.1. The third-order valence-corrected chi connectivity index (χ3v) is 7.11. The van der Waals surface area contributed by atoms with Gasteiger partial charge in [0.15, 0.2) is 10.8 Å². The van der Waals surface area contributed by atoms with Gasteiger partial charge in [-0.1, -0.05) is 68.1 Å². The lowest BCUT2D eigenvalue weighted by Gasteiger charge is -2.17. The van der Waals surface area contributed by atoms with E-state index in [4.69, 9.17) is 4.98 Å². The molecule has 0 atom stereocenters. The molecule has 0 spiro atoms. The highest BCUT2D eigenvalue weighted by molar-refractivity contribution is 7.98. The van der Waals surface area contributed by atoms with Gasteiger partial charge in [-0.3, -0.25) is 9.36 Å². The van der Waals surface area contributed by atoms with Crippen molar-refractivity contribution in [3.05, 3.63) is 89.6 Å². The third-order valence-electron chi connectivity index (χ3n) is 6.07. The lowest BCUT2D eigenvalue weighted by molar-refractivity contribution is 0.0952. The van der Waals surface area contributed by atoms with Crippen LogP contribution >= 0.6 is 11.8 Å². The summed E-state index contributed by atoms with van der Waals surface area (Å²) < 4.78 is 2.16. The SMILES string of the molecule is CCN(CC)CCCNC(=O)c1ccc(Cn2c(SCc3ccccc3)nc3cccnc32)cc1. The predicted molar refractivity (Wildman–Crippen MR) is 144 cm³/mol. The Labute approximate surface area is 211 Å². The van der Waals surface area contributed by atoms with Crippen molar-refractivity contribution in [1.82, 2.24) is 24.8 Å². The Morgan fingerprint density at radius 2 is 1.74 bits per heavy atom. The quantitative estimate of drug-likeness (QED) is 0.219. The number of carbonyl (C=O) groups excluding carboxylic acids is 1. The summed E-state index contributed by atoms with van der Waals surface area (Å²) in [7, 11) is 0. The number of thioether (sulfide) groups is 1. The molecule has 0 aliphatic carbocycles. The molecule has 0 saturated heterocycles. The van der Waals surface area contributed by atoms with Gasteiger partial charge in [0.25, 0.3) is 5.91 Å². The van der Waals surface area contributed by atoms with Gasteiger partial charge in [-0.2, -0.15) is 0 Å². The molecule has 1 amide bonds. The van der Waals surface area contributed by atoms with E-state index < -0.39 is 0 Å². The Morgan fingerprint density at radius 3 is 2.49 bits per heavy atom. The third kappa shape index (κ3) is 6.71. The van der Waals surface area contributed by atoms with Crippen molar-refractivity contribution in [3.8, 4) is 0 Å². The summed E-state index contributed by atoms with van der Waals surface area (Å²) in [6.45, 7) is 8.75. The highest BCUT2D eigenvalue weighted by Gasteiger charge is 2.13. The Morgan fingerprint density at radius 1 is 0.971 bits per heavy atom. The van der Waals surface area contributed by atoms with E-state index in [0.717, 1.165) is 53.7 Å². The van der Waals surface area contributed by atoms with Crippen LogP contribution in [0.25, 0.3) is 11.2 Å². The molecule has 1 N–H and O–H groups in total. The minimum Gasteiger partial charge on any atom is -0.352 e. The standard InChI is InChI=1S/C28H33N5OS/c1-3-32(4-2)19-9-18-30-27(34)24-15-13-22(14-16-24)20-33-26-25(12-8-17-29-26)31-28(33)35-21-23-10-6-5-7-11-23/h5-8,10-17H,3-4,9,18-21H2,1-2H3,(H,30,34). The maximum atomic E-state index is 12.6. The molecule has 0 aliphatic heterocycles. The van der Waals surface area contributed by atoms with Crippen LogP contribution in [0.1, 0.15) is 41.8 Å². The summed E-state index contributed by atoms with van der Waals surface area (Å²) in [6, 6.07) is 22.2. The number of pyridine rings is 1. The summed E-state index contributed by atoms with van der Waals surface area (Å²) in [5.74, 6) is 0.822. The van der Waals surface area contributed by atoms with Crippen molar-refractivity contribution in [2.45, 2.75) is 37.7 Å². The molecule has 0 fully saturated rings. The molecule has 4 rings (SSSR count). The fourth-order valence-corrected chi connectivity index (χ4v) is 4.96. The molecule has 35 heavy (non-hydrogen) atoms. The Balaban J connectivity index is 1.41. The maximum absolute atomic E-state index is 12.6. The van der Waals surface area contributed by atoms with Crippen molar-refractivity contribution < 1.29 is 4.79 Å². The van der Waals surface area contributed by atoms with Crippen LogP contribution < -0.4 is 5.32 Å². The average molecular weight is 488 g/mol. The van der Waals surface area contributed by atoms with Crippen LogP contribution in [0.3, 0.4) is 0 Å². The average Bonchev–Trinajstić information content (AvgIpc) is 3.25. The first-order valence-electron chi connectivity index (χ1n) is 12.3. The number of hydrogen-bond acceptors (Lipinski definition) is 5. The first-order valence-corrected chi connectivity index (χ1v) is 13.2. The van der Waals surface area contributed by atoms with Crippen molar-refractivity contribution in [1.29, 1.82) is 0 Å². The molecule has 2 aromatic carbocycles. The number of amides is 1. The number of hydrogen-bond donors (Lipinski definition) is 1. The van der Waals surface area contributed by atoms with Gasteiger partial charge in [0.1, 0.15) is 5.52 Å². The summed E-state index contributed by atoms with van der Waals surface area (Å²) in [6.07, 6.45) is 2.76. The van der Waals surface area contributed by atoms with Gasteiger partial charge >= 0.3 is 0 Å². The first kappa shape index (κ1) is 24.9. The summed E-state index contributed by atoms with van der Waals surface area (Å²) in [4.78, 5) is 24.3. The van der Waals surface area contributed by atoms with Gasteiger partial charge in [-0.15, -0.1) is 0 Å². The van der Waals surface area contributed by atoms with Crippen molar-refractivity contribution in [3.63, 3.8) is 0 Å². The van der Waals surface area contributed by atoms with E-state index in [9.17, 15) is 4.79 Å². The molecule has 0 radical (unpaired) electrons. The van der Waals surface area contributed by atoms with Crippen LogP contribution in [0.2, 0.25) is 0 Å². The zero-order valence-electron chi connectivity index (χ0n) is 20.5. The summed E-state index contributed by atoms with van der Waals surface area (Å²) in [5.41, 5.74) is 4.82. The fraction of sp³-hybridized carbons (Fsp3) is 0.321. The van der Waals surface area contributed by atoms with E-state index >= 15 is 0 Å². The maximum Gasteiger partial charge on any atom is 0.251 e. The van der Waals surface area contributed by atoms with Gasteiger partial charge in [0, 0.05) is 24.1 Å². The zero-order valence-corrected chi connectivity index (χ0v) is 21.3. The molecule has 2 heterocycles. The van der Waals surface area contributed by atoms with E-state index in [-0.39, 0.29) is 5.91 Å². The molecule has 6 nitrogen and oxygen atoms in total. The number of aromatic nitrogens is 3. The molecule has 2 aromatic heterocycles. The molecular formula is C28H33N5OS. The minimum atomic E-state index is -0.0232. The highest BCUT2D eigenvalue weighted by Crippen LogP contribution is 2.27. The van der Waals surface area contributed by atoms with Crippen molar-refractivity contribution >= 4 is 28.8 Å². The first-order chi connectivity index (χ1) is 17.2. The van der Waals surface area contributed by atoms with Gasteiger partial charge in [-0.25, -0.2) is 9.97 Å². The van der Waals surface area contributed by atoms with Crippen LogP contribution in [-0.2, 0) is 12.3 Å². The van der Waals surface area contributed by atoms with E-state index in [1.807, 2.05) is 42.5 Å². The molecule has 0 bridgehead atoms. The second-order valence-electron chi connectivity index (χ2n) is 8.43. The van der Waals surface area contributed by atoms with Gasteiger partial charge < -0.3 is 10.2 Å². The van der Waals surface area contributed by atoms with Crippen molar-refractivity contribution in [2.75, 3.05) is 26.2 Å². The van der Waals surface area contributed by atoms with Crippen LogP contribution in [-0.4, -0.2) is 51.5 Å². The molecular weight excluding hydrogens is 454 g/mol. The van der Waals surface area contributed by atoms with Crippen LogP contribution in [0, 0.1) is 0 Å². The van der Waals surface area contributed by atoms with E-state index in [2.05, 4.69) is 57.9 Å². The van der Waals surface area contributed by atoms with Crippen molar-refractivity contribution in [2.24, 2.45) is 0 Å². The molecule has 7 heteroatoms. The number of nitrogens with zero attached hydrogens (tertiary/aromatic N) is 4. The number of imidazole rings is 1. The Hall–Kier alpha value is -3.16. The number of nitrogens with one attached hydrogen (secondary N) is 1. The molecule has 0 saturated carbocycles. The van der Waals surface area contributed by atoms with E-state index in [1.54, 1.807) is 18.0 Å². The minimum absolute atomic E-state index is 0.0232. The summed E-state index contributed by atoms with van der Waals surface area (Å²) in [5, 5.41) is 3.98. The molecule has 182 valence electrons. The van der Waals surface area contributed by atoms with E-state index in [0.29, 0.717) is 18.7 Å². The second kappa shape index (κ2) is 12.5. The Kier molecular flexibility index (Phi) is 8.92. The fourth-order valence-electron chi connectivity index (χ4n) is 4.00. The van der Waals surface area contributed by atoms with Crippen LogP contribution in [0.5, 0.6) is 0 Å². The predicted octanol–water partition coefficient (Wildman–Crippen LogP) is 5.23. The highest BCUT2D eigenvalue weighted by atomic mass is 32.2. The number of carbonyl (C=O) groups is 1. The zero-order chi connectivity index (χ0) is 24.5.